The van der Waals surface area contributed by atoms with E-state index in [0.717, 1.165) is 0 Å². The summed E-state index contributed by atoms with van der Waals surface area (Å²) in [4.78, 5) is 33.2. The van der Waals surface area contributed by atoms with Gasteiger partial charge in [0.15, 0.2) is 0 Å². The molecule has 1 aromatic carbocycles. The van der Waals surface area contributed by atoms with Gasteiger partial charge in [-0.2, -0.15) is 0 Å². The second-order valence-corrected chi connectivity index (χ2v) is 4.87. The van der Waals surface area contributed by atoms with E-state index in [0.29, 0.717) is 4.47 Å². The molecule has 7 nitrogen and oxygen atoms in total. The van der Waals surface area contributed by atoms with Crippen molar-refractivity contribution in [2.75, 3.05) is 0 Å². The molecule has 8 heteroatoms. The fraction of sp³-hybridized carbons (Fsp3) is 0.250. The summed E-state index contributed by atoms with van der Waals surface area (Å²) in [6.07, 6.45) is -0.628. The molecule has 1 aromatic rings. The van der Waals surface area contributed by atoms with Gasteiger partial charge in [-0.3, -0.25) is 9.59 Å². The number of hydrogen-bond donors (Lipinski definition) is 4. The Hall–Kier alpha value is -2.09. The Morgan fingerprint density at radius 1 is 1.25 bits per heavy atom. The Labute approximate surface area is 122 Å². The number of benzene rings is 1. The summed E-state index contributed by atoms with van der Waals surface area (Å²) in [5.41, 5.74) is -0.0882. The van der Waals surface area contributed by atoms with Crippen molar-refractivity contribution in [3.63, 3.8) is 0 Å². The van der Waals surface area contributed by atoms with E-state index in [2.05, 4.69) is 21.2 Å². The lowest BCUT2D eigenvalue weighted by Crippen LogP contribution is -2.41. The molecular weight excluding hydrogens is 334 g/mol. The Morgan fingerprint density at radius 2 is 1.90 bits per heavy atom. The van der Waals surface area contributed by atoms with Gasteiger partial charge in [-0.1, -0.05) is 15.9 Å². The first-order valence-electron chi connectivity index (χ1n) is 5.55. The number of rotatable bonds is 6. The third-order valence-corrected chi connectivity index (χ3v) is 2.95. The topological polar surface area (TPSA) is 124 Å². The number of phenols is 1. The minimum absolute atomic E-state index is 0.0882. The molecule has 0 spiro atoms. The number of aliphatic carboxylic acids is 2. The largest absolute Gasteiger partial charge is 0.507 e. The number of phenolic OH excluding ortho intramolecular Hbond substituents is 1. The number of carbonyl (C=O) groups excluding carboxylic acids is 1. The van der Waals surface area contributed by atoms with Crippen LogP contribution >= 0.6 is 15.9 Å². The summed E-state index contributed by atoms with van der Waals surface area (Å²) in [5.74, 6) is -3.58. The van der Waals surface area contributed by atoms with Crippen LogP contribution in [0.3, 0.4) is 0 Å². The Balaban J connectivity index is 2.80. The van der Waals surface area contributed by atoms with E-state index in [9.17, 15) is 19.5 Å². The van der Waals surface area contributed by atoms with Gasteiger partial charge in [-0.15, -0.1) is 0 Å². The fourth-order valence-electron chi connectivity index (χ4n) is 1.46. The van der Waals surface area contributed by atoms with Crippen LogP contribution in [0.5, 0.6) is 5.75 Å². The first kappa shape index (κ1) is 16.0. The van der Waals surface area contributed by atoms with E-state index in [1.54, 1.807) is 0 Å². The molecule has 0 aliphatic carbocycles. The van der Waals surface area contributed by atoms with Gasteiger partial charge in [-0.25, -0.2) is 4.79 Å². The second kappa shape index (κ2) is 6.90. The van der Waals surface area contributed by atoms with Crippen molar-refractivity contribution >= 4 is 33.8 Å². The zero-order valence-electron chi connectivity index (χ0n) is 10.2. The van der Waals surface area contributed by atoms with Crippen molar-refractivity contribution in [2.45, 2.75) is 18.9 Å². The highest BCUT2D eigenvalue weighted by molar-refractivity contribution is 9.10. The maximum Gasteiger partial charge on any atom is 0.326 e. The van der Waals surface area contributed by atoms with Crippen LogP contribution in [0.2, 0.25) is 0 Å². The molecular formula is C12H12BrNO6. The quantitative estimate of drug-likeness (QED) is 0.614. The van der Waals surface area contributed by atoms with Crippen LogP contribution in [0.15, 0.2) is 22.7 Å². The van der Waals surface area contributed by atoms with Gasteiger partial charge >= 0.3 is 11.9 Å². The minimum Gasteiger partial charge on any atom is -0.507 e. The zero-order chi connectivity index (χ0) is 15.3. The SMILES string of the molecule is O=C(O)CCC(NC(=O)c1ccc(Br)cc1O)C(=O)O. The van der Waals surface area contributed by atoms with Crippen LogP contribution in [0.1, 0.15) is 23.2 Å². The van der Waals surface area contributed by atoms with E-state index in [4.69, 9.17) is 10.2 Å². The molecule has 108 valence electrons. The maximum absolute atomic E-state index is 11.8. The van der Waals surface area contributed by atoms with E-state index < -0.39 is 23.9 Å². The third kappa shape index (κ3) is 4.54. The highest BCUT2D eigenvalue weighted by Crippen LogP contribution is 2.22. The standard InChI is InChI=1S/C12H12BrNO6/c13-6-1-2-7(9(15)5-6)11(18)14-8(12(19)20)3-4-10(16)17/h1-2,5,8,15H,3-4H2,(H,14,18)(H,16,17)(H,19,20). The monoisotopic (exact) mass is 345 g/mol. The molecule has 0 aromatic heterocycles. The number of aromatic hydroxyl groups is 1. The van der Waals surface area contributed by atoms with Crippen LogP contribution in [-0.4, -0.2) is 39.2 Å². The van der Waals surface area contributed by atoms with Gasteiger partial charge < -0.3 is 20.6 Å². The molecule has 1 atom stereocenters. The molecule has 0 heterocycles. The van der Waals surface area contributed by atoms with E-state index >= 15 is 0 Å². The van der Waals surface area contributed by atoms with Crippen LogP contribution in [0, 0.1) is 0 Å². The first-order chi connectivity index (χ1) is 9.31. The van der Waals surface area contributed by atoms with Crippen molar-refractivity contribution in [3.8, 4) is 5.75 Å². The molecule has 0 saturated heterocycles. The number of hydrogen-bond acceptors (Lipinski definition) is 4. The average molecular weight is 346 g/mol. The number of amides is 1. The zero-order valence-corrected chi connectivity index (χ0v) is 11.8. The molecule has 0 fully saturated rings. The fourth-order valence-corrected chi connectivity index (χ4v) is 1.81. The maximum atomic E-state index is 11.8. The van der Waals surface area contributed by atoms with E-state index in [-0.39, 0.29) is 24.2 Å². The first-order valence-corrected chi connectivity index (χ1v) is 6.34. The summed E-state index contributed by atoms with van der Waals surface area (Å²) in [5, 5.41) is 29.2. The Bertz CT molecular complexity index is 545. The smallest absolute Gasteiger partial charge is 0.326 e. The highest BCUT2D eigenvalue weighted by atomic mass is 79.9. The molecule has 1 rings (SSSR count). The van der Waals surface area contributed by atoms with Gasteiger partial charge in [0.05, 0.1) is 5.56 Å². The summed E-state index contributed by atoms with van der Waals surface area (Å²) < 4.78 is 0.562. The van der Waals surface area contributed by atoms with Crippen LogP contribution in [-0.2, 0) is 9.59 Å². The molecule has 1 unspecified atom stereocenters. The second-order valence-electron chi connectivity index (χ2n) is 3.96. The normalized spacial score (nSPS) is 11.7. The van der Waals surface area contributed by atoms with Gasteiger partial charge in [0.25, 0.3) is 5.91 Å². The average Bonchev–Trinajstić information content (AvgIpc) is 2.33. The molecule has 0 aliphatic rings. The molecule has 4 N–H and O–H groups in total. The minimum atomic E-state index is -1.34. The number of carboxylic acids is 2. The van der Waals surface area contributed by atoms with Crippen molar-refractivity contribution in [1.29, 1.82) is 0 Å². The lowest BCUT2D eigenvalue weighted by Gasteiger charge is -2.14. The predicted octanol–water partition coefficient (Wildman–Crippen LogP) is 1.20. The number of halogens is 1. The number of carboxylic acid groups (broad SMARTS) is 2. The lowest BCUT2D eigenvalue weighted by molar-refractivity contribution is -0.140. The van der Waals surface area contributed by atoms with Crippen molar-refractivity contribution in [1.82, 2.24) is 5.32 Å². The Morgan fingerprint density at radius 3 is 2.40 bits per heavy atom. The number of carbonyl (C=O) groups is 3. The summed E-state index contributed by atoms with van der Waals surface area (Å²) >= 11 is 3.11. The molecule has 0 aliphatic heterocycles. The third-order valence-electron chi connectivity index (χ3n) is 2.45. The molecule has 0 bridgehead atoms. The van der Waals surface area contributed by atoms with Gasteiger partial charge in [0, 0.05) is 10.9 Å². The van der Waals surface area contributed by atoms with Crippen molar-refractivity contribution in [3.05, 3.63) is 28.2 Å². The number of nitrogens with one attached hydrogen (secondary N) is 1. The van der Waals surface area contributed by atoms with Crippen LogP contribution in [0.4, 0.5) is 0 Å². The predicted molar refractivity (Wildman–Crippen MR) is 71.6 cm³/mol. The molecule has 20 heavy (non-hydrogen) atoms. The highest BCUT2D eigenvalue weighted by Gasteiger charge is 2.22. The Kier molecular flexibility index (Phi) is 5.51. The van der Waals surface area contributed by atoms with Gasteiger partial charge in [-0.05, 0) is 24.6 Å². The summed E-state index contributed by atoms with van der Waals surface area (Å²) in [6.45, 7) is 0. The molecule has 0 saturated carbocycles. The molecule has 0 radical (unpaired) electrons. The van der Waals surface area contributed by atoms with Crippen LogP contribution < -0.4 is 5.32 Å². The van der Waals surface area contributed by atoms with Crippen LogP contribution in [0.25, 0.3) is 0 Å². The van der Waals surface area contributed by atoms with Crippen molar-refractivity contribution < 1.29 is 29.7 Å². The van der Waals surface area contributed by atoms with Crippen molar-refractivity contribution in [2.24, 2.45) is 0 Å². The summed E-state index contributed by atoms with van der Waals surface area (Å²) in [7, 11) is 0. The van der Waals surface area contributed by atoms with E-state index in [1.165, 1.54) is 18.2 Å². The summed E-state index contributed by atoms with van der Waals surface area (Å²) in [6, 6.07) is 2.80. The van der Waals surface area contributed by atoms with E-state index in [1.807, 2.05) is 0 Å². The van der Waals surface area contributed by atoms with Gasteiger partial charge in [0.1, 0.15) is 11.8 Å². The van der Waals surface area contributed by atoms with Gasteiger partial charge in [0.2, 0.25) is 0 Å². The molecule has 1 amide bonds. The lowest BCUT2D eigenvalue weighted by atomic mass is 10.1.